The molecule has 2 heterocycles. The van der Waals surface area contributed by atoms with Crippen LogP contribution in [0.25, 0.3) is 0 Å². The molecule has 2 unspecified atom stereocenters. The van der Waals surface area contributed by atoms with Gasteiger partial charge in [0.2, 0.25) is 11.8 Å². The van der Waals surface area contributed by atoms with Crippen LogP contribution in [0.1, 0.15) is 32.1 Å². The summed E-state index contributed by atoms with van der Waals surface area (Å²) in [6, 6.07) is 0. The van der Waals surface area contributed by atoms with Gasteiger partial charge in [-0.3, -0.25) is 14.5 Å². The van der Waals surface area contributed by atoms with Crippen LogP contribution in [0, 0.1) is 5.92 Å². The van der Waals surface area contributed by atoms with Crippen LogP contribution < -0.4 is 0 Å². The molecule has 0 aromatic heterocycles. The van der Waals surface area contributed by atoms with Crippen molar-refractivity contribution in [2.24, 2.45) is 5.92 Å². The lowest BCUT2D eigenvalue weighted by Crippen LogP contribution is -2.49. The van der Waals surface area contributed by atoms with E-state index < -0.39 is 0 Å². The van der Waals surface area contributed by atoms with E-state index in [1.165, 1.54) is 0 Å². The normalized spacial score (nSPS) is 29.3. The monoisotopic (exact) mass is 248 g/mol. The number of hydrogen-bond donors (Lipinski definition) is 0. The van der Waals surface area contributed by atoms with Crippen LogP contribution in [0.5, 0.6) is 0 Å². The van der Waals surface area contributed by atoms with Gasteiger partial charge in [-0.1, -0.05) is 12.7 Å². The van der Waals surface area contributed by atoms with Crippen molar-refractivity contribution in [1.29, 1.82) is 0 Å². The van der Waals surface area contributed by atoms with Gasteiger partial charge in [-0.2, -0.15) is 0 Å². The molecule has 2 aliphatic heterocycles. The Labute approximate surface area is 108 Å². The molecule has 0 radical (unpaired) electrons. The van der Waals surface area contributed by atoms with Gasteiger partial charge in [-0.25, -0.2) is 0 Å². The molecule has 2 rings (SSSR count). The Hall–Kier alpha value is -1.58. The molecule has 0 aliphatic carbocycles. The zero-order valence-corrected chi connectivity index (χ0v) is 10.7. The van der Waals surface area contributed by atoms with E-state index in [9.17, 15) is 9.59 Å². The molecule has 4 heteroatoms. The highest BCUT2D eigenvalue weighted by Gasteiger charge is 2.36. The van der Waals surface area contributed by atoms with Crippen LogP contribution in [0.3, 0.4) is 0 Å². The fourth-order valence-electron chi connectivity index (χ4n) is 2.84. The van der Waals surface area contributed by atoms with Crippen molar-refractivity contribution in [3.8, 4) is 0 Å². The van der Waals surface area contributed by atoms with Crippen molar-refractivity contribution < 1.29 is 9.59 Å². The highest BCUT2D eigenvalue weighted by molar-refractivity contribution is 5.83. The second kappa shape index (κ2) is 5.38. The van der Waals surface area contributed by atoms with Crippen molar-refractivity contribution in [2.75, 3.05) is 6.54 Å². The number of rotatable bonds is 3. The third kappa shape index (κ3) is 2.19. The van der Waals surface area contributed by atoms with E-state index in [4.69, 9.17) is 0 Å². The number of likely N-dealkylation sites (tertiary alicyclic amines) is 2. The Bertz CT molecular complexity index is 378. The Morgan fingerprint density at radius 2 is 1.94 bits per heavy atom. The molecule has 0 saturated carbocycles. The summed E-state index contributed by atoms with van der Waals surface area (Å²) >= 11 is 0. The minimum atomic E-state index is -0.147. The smallest absolute Gasteiger partial charge is 0.235 e. The van der Waals surface area contributed by atoms with Crippen molar-refractivity contribution in [3.05, 3.63) is 25.4 Å². The standard InChI is InChI=1S/C14H20N2O2/c1-3-11-7-5-8-12(15(4-2)14(11)18)16-10-6-9-13(16)17/h3-4,11-12H,1-2,5-10H2. The van der Waals surface area contributed by atoms with E-state index in [0.29, 0.717) is 6.42 Å². The quantitative estimate of drug-likeness (QED) is 0.716. The maximum atomic E-state index is 12.3. The molecule has 2 amide bonds. The third-order valence-corrected chi connectivity index (χ3v) is 3.82. The van der Waals surface area contributed by atoms with Gasteiger partial charge in [-0.05, 0) is 25.7 Å². The van der Waals surface area contributed by atoms with Gasteiger partial charge in [0.1, 0.15) is 6.17 Å². The number of hydrogen-bond acceptors (Lipinski definition) is 2. The van der Waals surface area contributed by atoms with E-state index in [0.717, 1.165) is 32.2 Å². The van der Waals surface area contributed by atoms with E-state index in [1.54, 1.807) is 17.2 Å². The summed E-state index contributed by atoms with van der Waals surface area (Å²) in [4.78, 5) is 27.6. The first kappa shape index (κ1) is 12.9. The van der Waals surface area contributed by atoms with E-state index in [-0.39, 0.29) is 23.9 Å². The van der Waals surface area contributed by atoms with Gasteiger partial charge in [0.25, 0.3) is 0 Å². The highest BCUT2D eigenvalue weighted by atomic mass is 16.2. The van der Waals surface area contributed by atoms with E-state index >= 15 is 0 Å². The van der Waals surface area contributed by atoms with Crippen molar-refractivity contribution in [1.82, 2.24) is 9.80 Å². The fraction of sp³-hybridized carbons (Fsp3) is 0.571. The van der Waals surface area contributed by atoms with E-state index in [1.807, 2.05) is 4.90 Å². The van der Waals surface area contributed by atoms with Crippen LogP contribution in [0.15, 0.2) is 25.4 Å². The summed E-state index contributed by atoms with van der Waals surface area (Å²) in [5.74, 6) is 0.0182. The molecule has 0 bridgehead atoms. The molecule has 0 aromatic carbocycles. The second-order valence-electron chi connectivity index (χ2n) is 4.87. The molecule has 2 aliphatic rings. The third-order valence-electron chi connectivity index (χ3n) is 3.82. The molecule has 2 atom stereocenters. The fourth-order valence-corrected chi connectivity index (χ4v) is 2.84. The average molecular weight is 248 g/mol. The summed E-state index contributed by atoms with van der Waals surface area (Å²) in [7, 11) is 0. The van der Waals surface area contributed by atoms with Gasteiger partial charge < -0.3 is 4.90 Å². The lowest BCUT2D eigenvalue weighted by molar-refractivity contribution is -0.140. The first-order valence-corrected chi connectivity index (χ1v) is 6.55. The van der Waals surface area contributed by atoms with Gasteiger partial charge >= 0.3 is 0 Å². The molecule has 2 fully saturated rings. The highest BCUT2D eigenvalue weighted by Crippen LogP contribution is 2.27. The number of carbonyl (C=O) groups excluding carboxylic acids is 2. The van der Waals surface area contributed by atoms with Crippen molar-refractivity contribution in [3.63, 3.8) is 0 Å². The SMILES string of the molecule is C=CC1CCCC(N2CCCC2=O)N(C=C)C1=O. The second-order valence-corrected chi connectivity index (χ2v) is 4.87. The van der Waals surface area contributed by atoms with Crippen LogP contribution in [-0.2, 0) is 9.59 Å². The Morgan fingerprint density at radius 3 is 2.50 bits per heavy atom. The van der Waals surface area contributed by atoms with Gasteiger partial charge in [0.05, 0.1) is 5.92 Å². The zero-order valence-electron chi connectivity index (χ0n) is 10.7. The molecular weight excluding hydrogens is 228 g/mol. The lowest BCUT2D eigenvalue weighted by atomic mass is 10.0. The van der Waals surface area contributed by atoms with Crippen molar-refractivity contribution in [2.45, 2.75) is 38.3 Å². The number of carbonyl (C=O) groups is 2. The summed E-state index contributed by atoms with van der Waals surface area (Å²) in [5.41, 5.74) is 0. The Balaban J connectivity index is 2.23. The molecule has 0 spiro atoms. The van der Waals surface area contributed by atoms with Crippen LogP contribution in [0.4, 0.5) is 0 Å². The molecule has 4 nitrogen and oxygen atoms in total. The Kier molecular flexibility index (Phi) is 3.84. The van der Waals surface area contributed by atoms with Crippen LogP contribution in [0.2, 0.25) is 0 Å². The number of nitrogens with zero attached hydrogens (tertiary/aromatic N) is 2. The zero-order chi connectivity index (χ0) is 13.1. The van der Waals surface area contributed by atoms with E-state index in [2.05, 4.69) is 13.2 Å². The first-order valence-electron chi connectivity index (χ1n) is 6.55. The predicted molar refractivity (Wildman–Crippen MR) is 69.3 cm³/mol. The van der Waals surface area contributed by atoms with Crippen molar-refractivity contribution >= 4 is 11.8 Å². The maximum Gasteiger partial charge on any atom is 0.235 e. The minimum absolute atomic E-state index is 0.0159. The predicted octanol–water partition coefficient (Wildman–Crippen LogP) is 1.89. The minimum Gasteiger partial charge on any atom is -0.322 e. The molecule has 98 valence electrons. The summed E-state index contributed by atoms with van der Waals surface area (Å²) in [6.45, 7) is 8.19. The molecule has 0 aromatic rings. The summed E-state index contributed by atoms with van der Waals surface area (Å²) in [5, 5.41) is 0. The van der Waals surface area contributed by atoms with Gasteiger partial charge in [0.15, 0.2) is 0 Å². The molecular formula is C14H20N2O2. The van der Waals surface area contributed by atoms with Crippen LogP contribution >= 0.6 is 0 Å². The summed E-state index contributed by atoms with van der Waals surface area (Å²) in [6.07, 6.45) is 7.17. The molecule has 0 N–H and O–H groups in total. The Morgan fingerprint density at radius 1 is 1.17 bits per heavy atom. The molecule has 2 saturated heterocycles. The molecule has 18 heavy (non-hydrogen) atoms. The topological polar surface area (TPSA) is 40.6 Å². The van der Waals surface area contributed by atoms with Gasteiger partial charge in [-0.15, -0.1) is 6.58 Å². The van der Waals surface area contributed by atoms with Crippen LogP contribution in [-0.4, -0.2) is 34.3 Å². The van der Waals surface area contributed by atoms with Gasteiger partial charge in [0, 0.05) is 19.2 Å². The first-order chi connectivity index (χ1) is 8.69. The largest absolute Gasteiger partial charge is 0.322 e. The maximum absolute atomic E-state index is 12.3. The average Bonchev–Trinajstić information content (AvgIpc) is 2.71. The lowest BCUT2D eigenvalue weighted by Gasteiger charge is -2.34. The number of amides is 2. The summed E-state index contributed by atoms with van der Waals surface area (Å²) < 4.78 is 0.